The lowest BCUT2D eigenvalue weighted by Gasteiger charge is -2.34. The number of carbonyl (C=O) groups excluding carboxylic acids is 3. The summed E-state index contributed by atoms with van der Waals surface area (Å²) in [5, 5.41) is 2.93. The van der Waals surface area contributed by atoms with Crippen molar-refractivity contribution in [1.82, 2.24) is 0 Å². The van der Waals surface area contributed by atoms with Crippen LogP contribution in [-0.4, -0.2) is 31.8 Å². The van der Waals surface area contributed by atoms with Gasteiger partial charge >= 0.3 is 0 Å². The Hall–Kier alpha value is -1.18. The van der Waals surface area contributed by atoms with E-state index in [4.69, 9.17) is 81.2 Å². The molecule has 2 aliphatic carbocycles. The summed E-state index contributed by atoms with van der Waals surface area (Å²) in [7, 11) is 0. The molecule has 0 radical (unpaired) electrons. The van der Waals surface area contributed by atoms with E-state index in [2.05, 4.69) is 5.32 Å². The predicted octanol–water partition coefficient (Wildman–Crippen LogP) is 6.85. The van der Waals surface area contributed by atoms with Crippen molar-refractivity contribution in [3.05, 3.63) is 68.7 Å². The van der Waals surface area contributed by atoms with Crippen molar-refractivity contribution in [2.75, 3.05) is 10.2 Å². The van der Waals surface area contributed by atoms with Crippen molar-refractivity contribution in [2.24, 2.45) is 11.8 Å². The van der Waals surface area contributed by atoms with Crippen LogP contribution in [0.15, 0.2) is 52.5 Å². The van der Waals surface area contributed by atoms with Gasteiger partial charge in [-0.2, -0.15) is 0 Å². The fourth-order valence-corrected chi connectivity index (χ4v) is 8.08. The van der Waals surface area contributed by atoms with Crippen molar-refractivity contribution >= 4 is 110 Å². The van der Waals surface area contributed by atoms with Crippen LogP contribution in [0.2, 0.25) is 5.02 Å². The number of imide groups is 1. The third-order valence-electron chi connectivity index (χ3n) is 6.79. The third kappa shape index (κ3) is 3.07. The van der Waals surface area contributed by atoms with Gasteiger partial charge in [0.2, 0.25) is 11.8 Å². The van der Waals surface area contributed by atoms with Gasteiger partial charge in [0.1, 0.15) is 9.75 Å². The number of benzene rings is 2. The number of alkyl halides is 4. The molecule has 2 bridgehead atoms. The molecule has 5 nitrogen and oxygen atoms in total. The lowest BCUT2D eigenvalue weighted by Crippen LogP contribution is -2.50. The minimum absolute atomic E-state index is 0.145. The average Bonchev–Trinajstić information content (AvgIpc) is 3.20. The van der Waals surface area contributed by atoms with E-state index in [0.717, 1.165) is 4.90 Å². The minimum atomic E-state index is -2.01. The van der Waals surface area contributed by atoms with Crippen LogP contribution < -0.4 is 10.2 Å². The zero-order chi connectivity index (χ0) is 25.7. The Labute approximate surface area is 235 Å². The van der Waals surface area contributed by atoms with Gasteiger partial charge in [0.05, 0.1) is 27.6 Å². The van der Waals surface area contributed by atoms with Crippen LogP contribution in [0.4, 0.5) is 11.4 Å². The van der Waals surface area contributed by atoms with Gasteiger partial charge in [0.15, 0.2) is 4.33 Å². The van der Waals surface area contributed by atoms with Crippen LogP contribution in [0.25, 0.3) is 0 Å². The Kier molecular flexibility index (Phi) is 5.94. The molecule has 3 amide bonds. The van der Waals surface area contributed by atoms with Crippen LogP contribution >= 0.6 is 81.2 Å². The molecule has 5 rings (SSSR count). The highest BCUT2D eigenvalue weighted by Gasteiger charge is 2.87. The van der Waals surface area contributed by atoms with Crippen LogP contribution in [0.3, 0.4) is 0 Å². The number of amides is 3. The molecule has 1 aliphatic heterocycles. The van der Waals surface area contributed by atoms with Gasteiger partial charge in [-0.1, -0.05) is 70.1 Å². The lowest BCUT2D eigenvalue weighted by molar-refractivity contribution is -0.123. The van der Waals surface area contributed by atoms with Crippen molar-refractivity contribution in [1.29, 1.82) is 0 Å². The van der Waals surface area contributed by atoms with E-state index in [1.807, 2.05) is 0 Å². The van der Waals surface area contributed by atoms with Crippen molar-refractivity contribution in [3.8, 4) is 0 Å². The number of halogens is 7. The maximum Gasteiger partial charge on any atom is 0.255 e. The largest absolute Gasteiger partial charge is 0.322 e. The molecule has 182 valence electrons. The Morgan fingerprint density at radius 1 is 0.886 bits per heavy atom. The topological polar surface area (TPSA) is 66.5 Å². The molecule has 4 atom stereocenters. The Bertz CT molecular complexity index is 1330. The first kappa shape index (κ1) is 25.5. The highest BCUT2D eigenvalue weighted by atomic mass is 35.5. The quantitative estimate of drug-likeness (QED) is 0.304. The molecule has 2 aromatic rings. The molecular formula is C23H13Cl7N2O3. The zero-order valence-corrected chi connectivity index (χ0v) is 22.8. The molecule has 12 heteroatoms. The number of fused-ring (bicyclic) bond motifs is 5. The van der Waals surface area contributed by atoms with E-state index >= 15 is 0 Å². The van der Waals surface area contributed by atoms with Crippen LogP contribution in [0, 0.1) is 18.8 Å². The highest BCUT2D eigenvalue weighted by Crippen LogP contribution is 2.77. The van der Waals surface area contributed by atoms with Crippen molar-refractivity contribution in [3.63, 3.8) is 0 Å². The first-order valence-corrected chi connectivity index (χ1v) is 12.8. The SMILES string of the molecule is Cc1c(Cl)cccc1NC(=O)c1cccc(N2C(=O)[C@@H]3[C@@H](C2=O)[C@@]2(Cl)C(Cl)=C(Cl)[C@@]3(Cl)C2(Cl)Cl)c1. The van der Waals surface area contributed by atoms with Gasteiger partial charge < -0.3 is 5.32 Å². The van der Waals surface area contributed by atoms with Crippen molar-refractivity contribution in [2.45, 2.75) is 21.0 Å². The van der Waals surface area contributed by atoms with Gasteiger partial charge in [0, 0.05) is 16.3 Å². The summed E-state index contributed by atoms with van der Waals surface area (Å²) in [4.78, 5) is 37.1. The third-order valence-corrected chi connectivity index (χ3v) is 11.5. The predicted molar refractivity (Wildman–Crippen MR) is 140 cm³/mol. The molecule has 2 aromatic carbocycles. The fraction of sp³-hybridized carbons (Fsp3) is 0.261. The Morgan fingerprint density at radius 2 is 1.43 bits per heavy atom. The van der Waals surface area contributed by atoms with E-state index in [9.17, 15) is 14.4 Å². The maximum atomic E-state index is 13.5. The number of hydrogen-bond donors (Lipinski definition) is 1. The Morgan fingerprint density at radius 3 is 2.00 bits per heavy atom. The molecule has 1 N–H and O–H groups in total. The van der Waals surface area contributed by atoms with Crippen molar-refractivity contribution < 1.29 is 14.4 Å². The number of nitrogens with zero attached hydrogens (tertiary/aromatic N) is 1. The van der Waals surface area contributed by atoms with E-state index in [0.29, 0.717) is 16.3 Å². The summed E-state index contributed by atoms with van der Waals surface area (Å²) in [5.74, 6) is -4.38. The van der Waals surface area contributed by atoms with Gasteiger partial charge in [-0.25, -0.2) is 4.90 Å². The van der Waals surface area contributed by atoms with Crippen LogP contribution in [-0.2, 0) is 9.59 Å². The highest BCUT2D eigenvalue weighted by molar-refractivity contribution is 6.67. The average molecular weight is 614 g/mol. The number of rotatable bonds is 3. The molecule has 0 aromatic heterocycles. The summed E-state index contributed by atoms with van der Waals surface area (Å²) >= 11 is 45.3. The Balaban J connectivity index is 1.50. The standard InChI is InChI=1S/C23H13Cl7N2O3/c1-9-12(24)6-3-7-13(9)31-18(33)10-4-2-5-11(8-10)32-19(34)14-15(20(32)35)22(28)17(26)16(25)21(14,27)23(22,29)30/h2-8,14-15H,1H3,(H,31,33)/t14-,15-,21+,22+/m0/s1. The number of anilines is 2. The summed E-state index contributed by atoms with van der Waals surface area (Å²) in [6.45, 7) is 1.77. The first-order chi connectivity index (χ1) is 16.3. The summed E-state index contributed by atoms with van der Waals surface area (Å²) in [6, 6.07) is 11.1. The van der Waals surface area contributed by atoms with Gasteiger partial charge in [-0.05, 0) is 42.8 Å². The normalized spacial score (nSPS) is 30.8. The molecule has 0 unspecified atom stereocenters. The molecule has 1 saturated heterocycles. The molecule has 3 aliphatic rings. The lowest BCUT2D eigenvalue weighted by atomic mass is 9.84. The van der Waals surface area contributed by atoms with E-state index in [-0.39, 0.29) is 21.3 Å². The number of hydrogen-bond acceptors (Lipinski definition) is 3. The maximum absolute atomic E-state index is 13.5. The summed E-state index contributed by atoms with van der Waals surface area (Å²) in [5.41, 5.74) is 1.56. The first-order valence-electron chi connectivity index (χ1n) is 10.2. The smallest absolute Gasteiger partial charge is 0.255 e. The van der Waals surface area contributed by atoms with E-state index < -0.39 is 43.6 Å². The second-order valence-electron chi connectivity index (χ2n) is 8.51. The number of nitrogens with one attached hydrogen (secondary N) is 1. The number of carbonyl (C=O) groups is 3. The van der Waals surface area contributed by atoms with Gasteiger partial charge in [-0.15, -0.1) is 23.2 Å². The second-order valence-corrected chi connectivity index (χ2v) is 12.2. The summed E-state index contributed by atoms with van der Waals surface area (Å²) in [6.07, 6.45) is 0. The van der Waals surface area contributed by atoms with Crippen LogP contribution in [0.5, 0.6) is 0 Å². The number of allylic oxidation sites excluding steroid dienone is 2. The monoisotopic (exact) mass is 610 g/mol. The van der Waals surface area contributed by atoms with E-state index in [1.165, 1.54) is 24.3 Å². The minimum Gasteiger partial charge on any atom is -0.322 e. The molecule has 1 heterocycles. The molecule has 1 saturated carbocycles. The van der Waals surface area contributed by atoms with Crippen LogP contribution in [0.1, 0.15) is 15.9 Å². The zero-order valence-electron chi connectivity index (χ0n) is 17.5. The molecule has 0 spiro atoms. The molecular weight excluding hydrogens is 600 g/mol. The molecule has 35 heavy (non-hydrogen) atoms. The van der Waals surface area contributed by atoms with E-state index in [1.54, 1.807) is 25.1 Å². The summed E-state index contributed by atoms with van der Waals surface area (Å²) < 4.78 is -2.01. The fourth-order valence-electron chi connectivity index (χ4n) is 4.97. The van der Waals surface area contributed by atoms with Gasteiger partial charge in [0.25, 0.3) is 5.91 Å². The molecule has 2 fully saturated rings. The van der Waals surface area contributed by atoms with Gasteiger partial charge in [-0.3, -0.25) is 14.4 Å². The second kappa shape index (κ2) is 8.16.